The van der Waals surface area contributed by atoms with E-state index in [2.05, 4.69) is 43.1 Å². The van der Waals surface area contributed by atoms with Crippen LogP contribution in [0.5, 0.6) is 0 Å². The van der Waals surface area contributed by atoms with E-state index in [0.29, 0.717) is 5.92 Å². The van der Waals surface area contributed by atoms with E-state index in [-0.39, 0.29) is 11.6 Å². The highest BCUT2D eigenvalue weighted by atomic mass is 16.1. The first-order valence-corrected chi connectivity index (χ1v) is 9.44. The number of nitrogens with one attached hydrogen (secondary N) is 1. The Morgan fingerprint density at radius 1 is 1.12 bits per heavy atom. The molecule has 0 spiro atoms. The van der Waals surface area contributed by atoms with Crippen molar-refractivity contribution >= 4 is 11.0 Å². The summed E-state index contributed by atoms with van der Waals surface area (Å²) in [7, 11) is 1.89. The van der Waals surface area contributed by atoms with Gasteiger partial charge in [0.25, 0.3) is 5.56 Å². The number of hydrogen-bond donors (Lipinski definition) is 2. The van der Waals surface area contributed by atoms with Gasteiger partial charge in [-0.3, -0.25) is 9.48 Å². The van der Waals surface area contributed by atoms with Crippen molar-refractivity contribution < 1.29 is 0 Å². The van der Waals surface area contributed by atoms with E-state index < -0.39 is 0 Å². The number of pyridine rings is 1. The van der Waals surface area contributed by atoms with E-state index in [1.54, 1.807) is 4.68 Å². The highest BCUT2D eigenvalue weighted by Gasteiger charge is 2.22. The van der Waals surface area contributed by atoms with Gasteiger partial charge in [-0.15, -0.1) is 0 Å². The van der Waals surface area contributed by atoms with Gasteiger partial charge in [0.05, 0.1) is 0 Å². The van der Waals surface area contributed by atoms with Gasteiger partial charge in [-0.1, -0.05) is 38.1 Å². The number of fused-ring (bicyclic) bond motifs is 3. The summed E-state index contributed by atoms with van der Waals surface area (Å²) in [6, 6.07) is 8.42. The largest absolute Gasteiger partial charge is 0.324 e. The van der Waals surface area contributed by atoms with Gasteiger partial charge in [-0.2, -0.15) is 5.10 Å². The van der Waals surface area contributed by atoms with E-state index in [1.807, 2.05) is 7.05 Å². The SMILES string of the molecule is CC(C)C(N)c1ccc(-c2nn(C)c3[nH]c(=O)c4c(c23)CCCC4)cc1. The van der Waals surface area contributed by atoms with Crippen LogP contribution in [0.2, 0.25) is 0 Å². The quantitative estimate of drug-likeness (QED) is 0.759. The average molecular weight is 350 g/mol. The zero-order valence-electron chi connectivity index (χ0n) is 15.7. The van der Waals surface area contributed by atoms with Crippen LogP contribution < -0.4 is 11.3 Å². The van der Waals surface area contributed by atoms with Crippen molar-refractivity contribution in [2.45, 2.75) is 45.6 Å². The molecule has 3 aromatic rings. The van der Waals surface area contributed by atoms with Crippen molar-refractivity contribution in [3.8, 4) is 11.3 Å². The second-order valence-electron chi connectivity index (χ2n) is 7.71. The Hall–Kier alpha value is -2.40. The maximum Gasteiger partial charge on any atom is 0.253 e. The Bertz CT molecular complexity index is 1010. The number of nitrogens with zero attached hydrogens (tertiary/aromatic N) is 2. The molecule has 1 aliphatic rings. The fourth-order valence-corrected chi connectivity index (χ4v) is 4.02. The number of rotatable bonds is 3. The standard InChI is InChI=1S/C21H26N4O/c1-12(2)18(22)13-8-10-14(11-9-13)19-17-15-6-4-5-7-16(15)21(26)23-20(17)25(3)24-19/h8-12,18H,4-7,22H2,1-3H3,(H,23,26). The number of H-pyrrole nitrogens is 1. The maximum absolute atomic E-state index is 12.4. The van der Waals surface area contributed by atoms with Crippen molar-refractivity contribution in [2.75, 3.05) is 0 Å². The van der Waals surface area contributed by atoms with Gasteiger partial charge in [-0.05, 0) is 42.7 Å². The predicted molar refractivity (Wildman–Crippen MR) is 105 cm³/mol. The molecular weight excluding hydrogens is 324 g/mol. The third kappa shape index (κ3) is 2.67. The van der Waals surface area contributed by atoms with E-state index >= 15 is 0 Å². The molecule has 3 N–H and O–H groups in total. The molecule has 2 aromatic heterocycles. The molecule has 1 aliphatic carbocycles. The molecule has 0 bridgehead atoms. The number of nitrogens with two attached hydrogens (primary N) is 1. The highest BCUT2D eigenvalue weighted by molar-refractivity contribution is 5.94. The van der Waals surface area contributed by atoms with Gasteiger partial charge in [0.2, 0.25) is 0 Å². The number of aromatic nitrogens is 3. The summed E-state index contributed by atoms with van der Waals surface area (Å²) >= 11 is 0. The summed E-state index contributed by atoms with van der Waals surface area (Å²) in [5.41, 5.74) is 12.4. The number of aryl methyl sites for hydroxylation is 2. The first-order chi connectivity index (χ1) is 12.5. The molecule has 0 amide bonds. The molecular formula is C21H26N4O. The van der Waals surface area contributed by atoms with Gasteiger partial charge in [0, 0.05) is 29.6 Å². The van der Waals surface area contributed by atoms with E-state index in [9.17, 15) is 4.79 Å². The Kier molecular flexibility index (Phi) is 4.19. The highest BCUT2D eigenvalue weighted by Crippen LogP contribution is 2.33. The summed E-state index contributed by atoms with van der Waals surface area (Å²) in [5.74, 6) is 0.397. The molecule has 0 radical (unpaired) electrons. The summed E-state index contributed by atoms with van der Waals surface area (Å²) in [5, 5.41) is 5.83. The minimum Gasteiger partial charge on any atom is -0.324 e. The lowest BCUT2D eigenvalue weighted by molar-refractivity contribution is 0.514. The molecule has 1 atom stereocenters. The lowest BCUT2D eigenvalue weighted by Gasteiger charge is -2.17. The molecule has 1 aromatic carbocycles. The van der Waals surface area contributed by atoms with Crippen LogP contribution in [-0.4, -0.2) is 14.8 Å². The van der Waals surface area contributed by atoms with Gasteiger partial charge >= 0.3 is 0 Å². The molecule has 0 aliphatic heterocycles. The summed E-state index contributed by atoms with van der Waals surface area (Å²) in [4.78, 5) is 15.5. The average Bonchev–Trinajstić information content (AvgIpc) is 2.98. The summed E-state index contributed by atoms with van der Waals surface area (Å²) < 4.78 is 1.79. The van der Waals surface area contributed by atoms with E-state index in [4.69, 9.17) is 10.8 Å². The molecule has 5 nitrogen and oxygen atoms in total. The van der Waals surface area contributed by atoms with Crippen LogP contribution in [0.15, 0.2) is 29.1 Å². The Morgan fingerprint density at radius 2 is 1.77 bits per heavy atom. The van der Waals surface area contributed by atoms with Crippen LogP contribution in [0.1, 0.15) is 49.4 Å². The van der Waals surface area contributed by atoms with Crippen LogP contribution >= 0.6 is 0 Å². The minimum absolute atomic E-state index is 0.0358. The zero-order valence-corrected chi connectivity index (χ0v) is 15.7. The molecule has 2 heterocycles. The molecule has 26 heavy (non-hydrogen) atoms. The number of benzene rings is 1. The van der Waals surface area contributed by atoms with Gasteiger partial charge < -0.3 is 10.7 Å². The molecule has 0 fully saturated rings. The number of hydrogen-bond acceptors (Lipinski definition) is 3. The van der Waals surface area contributed by atoms with Crippen molar-refractivity contribution in [3.63, 3.8) is 0 Å². The minimum atomic E-state index is 0.0358. The fraction of sp³-hybridized carbons (Fsp3) is 0.429. The van der Waals surface area contributed by atoms with Crippen LogP contribution in [0, 0.1) is 5.92 Å². The third-order valence-electron chi connectivity index (χ3n) is 5.61. The summed E-state index contributed by atoms with van der Waals surface area (Å²) in [6.07, 6.45) is 4.02. The Balaban J connectivity index is 1.88. The van der Waals surface area contributed by atoms with Crippen molar-refractivity contribution in [3.05, 3.63) is 51.3 Å². The number of aromatic amines is 1. The van der Waals surface area contributed by atoms with Crippen LogP contribution in [-0.2, 0) is 19.9 Å². The van der Waals surface area contributed by atoms with E-state index in [0.717, 1.165) is 59.1 Å². The monoisotopic (exact) mass is 350 g/mol. The molecule has 136 valence electrons. The smallest absolute Gasteiger partial charge is 0.253 e. The normalized spacial score (nSPS) is 15.4. The second kappa shape index (κ2) is 6.40. The fourth-order valence-electron chi connectivity index (χ4n) is 4.02. The third-order valence-corrected chi connectivity index (χ3v) is 5.61. The van der Waals surface area contributed by atoms with Crippen LogP contribution in [0.3, 0.4) is 0 Å². The van der Waals surface area contributed by atoms with Crippen LogP contribution in [0.4, 0.5) is 0 Å². The molecule has 5 heteroatoms. The summed E-state index contributed by atoms with van der Waals surface area (Å²) in [6.45, 7) is 4.26. The molecule has 0 saturated carbocycles. The molecule has 0 saturated heterocycles. The van der Waals surface area contributed by atoms with Gasteiger partial charge in [0.1, 0.15) is 11.3 Å². The Labute approximate surface area is 153 Å². The lowest BCUT2D eigenvalue weighted by atomic mass is 9.89. The topological polar surface area (TPSA) is 76.7 Å². The lowest BCUT2D eigenvalue weighted by Crippen LogP contribution is -2.19. The maximum atomic E-state index is 12.4. The van der Waals surface area contributed by atoms with Gasteiger partial charge in [0.15, 0.2) is 0 Å². The van der Waals surface area contributed by atoms with E-state index in [1.165, 1.54) is 5.56 Å². The molecule has 4 rings (SSSR count). The van der Waals surface area contributed by atoms with Crippen molar-refractivity contribution in [2.24, 2.45) is 18.7 Å². The second-order valence-corrected chi connectivity index (χ2v) is 7.71. The van der Waals surface area contributed by atoms with Gasteiger partial charge in [-0.25, -0.2) is 0 Å². The van der Waals surface area contributed by atoms with Crippen LogP contribution in [0.25, 0.3) is 22.3 Å². The first kappa shape index (κ1) is 17.0. The Morgan fingerprint density at radius 3 is 2.42 bits per heavy atom. The van der Waals surface area contributed by atoms with Crippen molar-refractivity contribution in [1.82, 2.24) is 14.8 Å². The molecule has 1 unspecified atom stereocenters. The zero-order chi connectivity index (χ0) is 18.4. The predicted octanol–water partition coefficient (Wildman–Crippen LogP) is 3.46. The van der Waals surface area contributed by atoms with Crippen molar-refractivity contribution in [1.29, 1.82) is 0 Å². The first-order valence-electron chi connectivity index (χ1n) is 9.44.